The zero-order valence-corrected chi connectivity index (χ0v) is 11.2. The highest BCUT2D eigenvalue weighted by molar-refractivity contribution is 9.10. The molecule has 0 aliphatic carbocycles. The van der Waals surface area contributed by atoms with Gasteiger partial charge in [0.15, 0.2) is 0 Å². The van der Waals surface area contributed by atoms with Gasteiger partial charge in [-0.05, 0) is 33.6 Å². The van der Waals surface area contributed by atoms with Gasteiger partial charge in [0.25, 0.3) is 0 Å². The second kappa shape index (κ2) is 6.07. The molecule has 0 bridgehead atoms. The molecule has 94 valence electrons. The molecule has 0 fully saturated rings. The summed E-state index contributed by atoms with van der Waals surface area (Å²) in [4.78, 5) is 0. The summed E-state index contributed by atoms with van der Waals surface area (Å²) in [6.45, 7) is 0.891. The zero-order chi connectivity index (χ0) is 13.0. The minimum Gasteiger partial charge on any atom is -0.308 e. The maximum Gasteiger partial charge on any atom is 0.137 e. The van der Waals surface area contributed by atoms with Gasteiger partial charge >= 0.3 is 0 Å². The molecule has 0 saturated heterocycles. The van der Waals surface area contributed by atoms with Gasteiger partial charge in [0.2, 0.25) is 0 Å². The van der Waals surface area contributed by atoms with E-state index in [4.69, 9.17) is 0 Å². The maximum atomic E-state index is 13.3. The van der Waals surface area contributed by atoms with Crippen molar-refractivity contribution in [1.82, 2.24) is 5.32 Å². The highest BCUT2D eigenvalue weighted by Crippen LogP contribution is 2.20. The third kappa shape index (κ3) is 3.15. The Morgan fingerprint density at radius 3 is 2.22 bits per heavy atom. The van der Waals surface area contributed by atoms with Gasteiger partial charge in [0.05, 0.1) is 4.47 Å². The minimum absolute atomic E-state index is 0.233. The molecule has 0 radical (unpaired) electrons. The van der Waals surface area contributed by atoms with E-state index < -0.39 is 0 Å². The van der Waals surface area contributed by atoms with Gasteiger partial charge < -0.3 is 5.32 Å². The Hall–Kier alpha value is -1.26. The van der Waals surface area contributed by atoms with E-state index in [9.17, 15) is 8.78 Å². The van der Waals surface area contributed by atoms with E-state index in [1.165, 1.54) is 12.1 Å². The highest BCUT2D eigenvalue weighted by atomic mass is 79.9. The Morgan fingerprint density at radius 2 is 1.44 bits per heavy atom. The van der Waals surface area contributed by atoms with Crippen molar-refractivity contribution in [3.05, 3.63) is 69.7 Å². The summed E-state index contributed by atoms with van der Waals surface area (Å²) in [5.74, 6) is -0.525. The molecule has 2 aromatic carbocycles. The number of hydrogen-bond donors (Lipinski definition) is 1. The molecule has 0 spiro atoms. The van der Waals surface area contributed by atoms with Gasteiger partial charge in [0, 0.05) is 18.7 Å². The monoisotopic (exact) mass is 311 g/mol. The molecule has 0 saturated carbocycles. The lowest BCUT2D eigenvalue weighted by atomic mass is 10.2. The van der Waals surface area contributed by atoms with Crippen LogP contribution in [0.15, 0.2) is 46.9 Å². The van der Waals surface area contributed by atoms with Gasteiger partial charge in [0.1, 0.15) is 11.6 Å². The lowest BCUT2D eigenvalue weighted by molar-refractivity contribution is 0.584. The minimum atomic E-state index is -0.291. The summed E-state index contributed by atoms with van der Waals surface area (Å²) in [5, 5.41) is 3.09. The second-order valence-electron chi connectivity index (χ2n) is 3.91. The Morgan fingerprint density at radius 1 is 0.833 bits per heavy atom. The molecule has 0 aliphatic heterocycles. The van der Waals surface area contributed by atoms with E-state index in [0.29, 0.717) is 23.1 Å². The molecule has 0 atom stereocenters. The molecule has 1 nitrogen and oxygen atoms in total. The quantitative estimate of drug-likeness (QED) is 0.899. The van der Waals surface area contributed by atoms with Gasteiger partial charge in [-0.15, -0.1) is 0 Å². The fourth-order valence-corrected chi connectivity index (χ4v) is 2.06. The van der Waals surface area contributed by atoms with Gasteiger partial charge in [-0.1, -0.05) is 30.3 Å². The number of rotatable bonds is 4. The van der Waals surface area contributed by atoms with E-state index in [0.717, 1.165) is 5.56 Å². The second-order valence-corrected chi connectivity index (χ2v) is 4.70. The van der Waals surface area contributed by atoms with Crippen LogP contribution in [-0.4, -0.2) is 0 Å². The summed E-state index contributed by atoms with van der Waals surface area (Å²) in [6.07, 6.45) is 0. The summed E-state index contributed by atoms with van der Waals surface area (Å²) in [5.41, 5.74) is 1.41. The number of hydrogen-bond acceptors (Lipinski definition) is 1. The molecule has 4 heteroatoms. The van der Waals surface area contributed by atoms with Crippen molar-refractivity contribution in [3.8, 4) is 0 Å². The molecule has 2 rings (SSSR count). The van der Waals surface area contributed by atoms with Gasteiger partial charge in [-0.25, -0.2) is 8.78 Å². The Kier molecular flexibility index (Phi) is 4.44. The van der Waals surface area contributed by atoms with Crippen LogP contribution in [0, 0.1) is 11.6 Å². The van der Waals surface area contributed by atoms with Crippen molar-refractivity contribution in [2.24, 2.45) is 0 Å². The predicted octanol–water partition coefficient (Wildman–Crippen LogP) is 4.02. The van der Waals surface area contributed by atoms with Crippen molar-refractivity contribution >= 4 is 15.9 Å². The van der Waals surface area contributed by atoms with Crippen LogP contribution in [0.5, 0.6) is 0 Å². The van der Waals surface area contributed by atoms with Crippen LogP contribution >= 0.6 is 15.9 Å². The van der Waals surface area contributed by atoms with Crippen LogP contribution in [0.1, 0.15) is 11.1 Å². The van der Waals surface area contributed by atoms with E-state index in [-0.39, 0.29) is 11.6 Å². The normalized spacial score (nSPS) is 10.6. The molecule has 18 heavy (non-hydrogen) atoms. The van der Waals surface area contributed by atoms with Crippen LogP contribution in [-0.2, 0) is 13.1 Å². The first-order valence-corrected chi connectivity index (χ1v) is 6.35. The molecule has 0 unspecified atom stereocenters. The van der Waals surface area contributed by atoms with Crippen molar-refractivity contribution in [2.45, 2.75) is 13.1 Å². The molecule has 2 aromatic rings. The third-order valence-corrected chi connectivity index (χ3v) is 3.51. The van der Waals surface area contributed by atoms with Crippen LogP contribution in [0.2, 0.25) is 0 Å². The smallest absolute Gasteiger partial charge is 0.137 e. The fourth-order valence-electron chi connectivity index (χ4n) is 1.66. The number of benzene rings is 2. The SMILES string of the molecule is Fc1ccccc1CNCc1cccc(F)c1Br. The third-order valence-electron chi connectivity index (χ3n) is 2.62. The average molecular weight is 312 g/mol. The van der Waals surface area contributed by atoms with Crippen molar-refractivity contribution in [1.29, 1.82) is 0 Å². The van der Waals surface area contributed by atoms with E-state index in [2.05, 4.69) is 21.2 Å². The van der Waals surface area contributed by atoms with E-state index in [1.807, 2.05) is 6.07 Å². The van der Waals surface area contributed by atoms with Crippen molar-refractivity contribution in [2.75, 3.05) is 0 Å². The van der Waals surface area contributed by atoms with Crippen LogP contribution in [0.25, 0.3) is 0 Å². The van der Waals surface area contributed by atoms with Crippen LogP contribution in [0.4, 0.5) is 8.78 Å². The van der Waals surface area contributed by atoms with E-state index >= 15 is 0 Å². The first-order chi connectivity index (χ1) is 8.68. The van der Waals surface area contributed by atoms with Crippen molar-refractivity contribution < 1.29 is 8.78 Å². The standard InChI is InChI=1S/C14H12BrF2N/c15-14-11(5-3-7-13(14)17)9-18-8-10-4-1-2-6-12(10)16/h1-7,18H,8-9H2. The summed E-state index contributed by atoms with van der Waals surface area (Å²) >= 11 is 3.19. The molecule has 1 N–H and O–H groups in total. The van der Waals surface area contributed by atoms with Gasteiger partial charge in [-0.3, -0.25) is 0 Å². The first-order valence-electron chi connectivity index (χ1n) is 5.55. The first kappa shape index (κ1) is 13.2. The molecular formula is C14H12BrF2N. The number of nitrogens with one attached hydrogen (secondary N) is 1. The largest absolute Gasteiger partial charge is 0.308 e. The fraction of sp³-hybridized carbons (Fsp3) is 0.143. The Bertz CT molecular complexity index is 543. The average Bonchev–Trinajstić information content (AvgIpc) is 2.37. The summed E-state index contributed by atoms with van der Waals surface area (Å²) in [6, 6.07) is 11.5. The molecule has 0 heterocycles. The van der Waals surface area contributed by atoms with Crippen LogP contribution < -0.4 is 5.32 Å². The lowest BCUT2D eigenvalue weighted by Crippen LogP contribution is -2.14. The predicted molar refractivity (Wildman–Crippen MR) is 71.0 cm³/mol. The maximum absolute atomic E-state index is 13.3. The topological polar surface area (TPSA) is 12.0 Å². The highest BCUT2D eigenvalue weighted by Gasteiger charge is 2.05. The lowest BCUT2D eigenvalue weighted by Gasteiger charge is -2.08. The Balaban J connectivity index is 1.97. The van der Waals surface area contributed by atoms with E-state index in [1.54, 1.807) is 24.3 Å². The molecular weight excluding hydrogens is 300 g/mol. The molecule has 0 aliphatic rings. The molecule has 0 amide bonds. The zero-order valence-electron chi connectivity index (χ0n) is 9.59. The summed E-state index contributed by atoms with van der Waals surface area (Å²) in [7, 11) is 0. The van der Waals surface area contributed by atoms with Crippen molar-refractivity contribution in [3.63, 3.8) is 0 Å². The van der Waals surface area contributed by atoms with Crippen LogP contribution in [0.3, 0.4) is 0 Å². The van der Waals surface area contributed by atoms with Gasteiger partial charge in [-0.2, -0.15) is 0 Å². The molecule has 0 aromatic heterocycles. The number of halogens is 3. The summed E-state index contributed by atoms with van der Waals surface area (Å²) < 4.78 is 27.1. The Labute approximate surface area is 113 Å².